The molecular formula is H3AlBaO8Si2. The Kier molecular flexibility index (Phi) is 19.4. The third kappa shape index (κ3) is 313. The van der Waals surface area contributed by atoms with Crippen molar-refractivity contribution in [1.82, 2.24) is 0 Å². The van der Waals surface area contributed by atoms with Crippen LogP contribution < -0.4 is 24.0 Å². The average molecular weight is 351 g/mol. The maximum atomic E-state index is 8.91. The smallest absolute Gasteiger partial charge is 0.894 e. The number of rotatable bonds is 0. The van der Waals surface area contributed by atoms with Gasteiger partial charge in [-0.3, -0.25) is 0 Å². The van der Waals surface area contributed by atoms with Gasteiger partial charge in [-0.05, 0) is 0 Å². The van der Waals surface area contributed by atoms with E-state index in [4.69, 9.17) is 38.4 Å². The topological polar surface area (TPSA) is 176 Å². The van der Waals surface area contributed by atoms with Gasteiger partial charge in [0.15, 0.2) is 0 Å². The molecule has 12 heavy (non-hydrogen) atoms. The molecule has 3 N–H and O–H groups in total. The standard InChI is InChI=1S/Al.Ba.H3O4Si.O4Si/c;;2*1-5(2,3)4/h;;1-3H;/q+3;+2;-1;-4. The molecule has 0 radical (unpaired) electrons. The summed E-state index contributed by atoms with van der Waals surface area (Å²) in [5, 5.41) is 0. The normalized spacial score (nSPS) is 10.0. The van der Waals surface area contributed by atoms with Gasteiger partial charge in [-0.2, -0.15) is 0 Å². The molecule has 0 spiro atoms. The first kappa shape index (κ1) is 23.8. The fourth-order valence-corrected chi connectivity index (χ4v) is 0. The molecule has 0 aromatic heterocycles. The molecule has 0 aliphatic carbocycles. The third-order valence-corrected chi connectivity index (χ3v) is 0. The molecular weight excluding hydrogens is 348 g/mol. The van der Waals surface area contributed by atoms with E-state index in [-0.39, 0.29) is 66.2 Å². The molecule has 0 aliphatic heterocycles. The fourth-order valence-electron chi connectivity index (χ4n) is 0. The molecule has 0 bridgehead atoms. The zero-order valence-corrected chi connectivity index (χ0v) is 13.3. The van der Waals surface area contributed by atoms with E-state index >= 15 is 0 Å². The minimum absolute atomic E-state index is 0. The van der Waals surface area contributed by atoms with Gasteiger partial charge in [-0.15, -0.1) is 0 Å². The van der Waals surface area contributed by atoms with Crippen LogP contribution in [-0.4, -0.2) is 98.7 Å². The molecule has 0 unspecified atom stereocenters. The predicted molar refractivity (Wildman–Crippen MR) is 29.7 cm³/mol. The van der Waals surface area contributed by atoms with Crippen LogP contribution in [0.4, 0.5) is 0 Å². The molecule has 0 fully saturated rings. The summed E-state index contributed by atoms with van der Waals surface area (Å²) < 4.78 is 0. The van der Waals surface area contributed by atoms with Crippen molar-refractivity contribution in [2.24, 2.45) is 0 Å². The van der Waals surface area contributed by atoms with Gasteiger partial charge in [0.05, 0.1) is 0 Å². The maximum Gasteiger partial charge on any atom is 3.00 e. The van der Waals surface area contributed by atoms with Crippen molar-refractivity contribution in [2.75, 3.05) is 0 Å². The molecule has 0 aromatic rings. The van der Waals surface area contributed by atoms with E-state index in [9.17, 15) is 0 Å². The van der Waals surface area contributed by atoms with E-state index in [0.29, 0.717) is 0 Å². The van der Waals surface area contributed by atoms with Crippen LogP contribution in [0.15, 0.2) is 0 Å². The maximum absolute atomic E-state index is 8.91. The molecule has 0 rings (SSSR count). The summed E-state index contributed by atoms with van der Waals surface area (Å²) in [5.74, 6) is 0. The monoisotopic (exact) mass is 352 g/mol. The Morgan fingerprint density at radius 3 is 0.750 bits per heavy atom. The zero-order chi connectivity index (χ0) is 9.00. The minimum Gasteiger partial charge on any atom is -0.894 e. The summed E-state index contributed by atoms with van der Waals surface area (Å²) in [6.45, 7) is 0. The Labute approximate surface area is 121 Å². The predicted octanol–water partition coefficient (Wildman–Crippen LogP) is -9.14. The first-order chi connectivity index (χ1) is 4.00. The molecule has 0 aliphatic rings. The van der Waals surface area contributed by atoms with Crippen LogP contribution in [0.3, 0.4) is 0 Å². The molecule has 0 saturated heterocycles. The van der Waals surface area contributed by atoms with E-state index in [0.717, 1.165) is 0 Å². The van der Waals surface area contributed by atoms with Gasteiger partial charge >= 0.3 is 75.3 Å². The van der Waals surface area contributed by atoms with Crippen LogP contribution in [0.2, 0.25) is 0 Å². The van der Waals surface area contributed by atoms with E-state index < -0.39 is 18.1 Å². The number of hydrogen-bond acceptors (Lipinski definition) is 8. The summed E-state index contributed by atoms with van der Waals surface area (Å²) in [6.07, 6.45) is 0. The van der Waals surface area contributed by atoms with E-state index in [2.05, 4.69) is 0 Å². The summed E-state index contributed by atoms with van der Waals surface area (Å²) in [5.41, 5.74) is 0. The summed E-state index contributed by atoms with van der Waals surface area (Å²) in [7, 11) is -10.5. The van der Waals surface area contributed by atoms with Gasteiger partial charge in [0.1, 0.15) is 0 Å². The SMILES string of the molecule is [Al+3].[Ba+2].[O-][Si](O)(O)O.[O-][Si]([O-])([O-])[O-]. The second kappa shape index (κ2) is 9.76. The van der Waals surface area contributed by atoms with Crippen molar-refractivity contribution in [2.45, 2.75) is 0 Å². The van der Waals surface area contributed by atoms with Gasteiger partial charge in [-0.25, -0.2) is 0 Å². The molecule has 0 atom stereocenters. The van der Waals surface area contributed by atoms with Crippen LogP contribution in [0.25, 0.3) is 0 Å². The molecule has 12 heteroatoms. The number of hydrogen-bond donors (Lipinski definition) is 3. The average Bonchev–Trinajstić information content (AvgIpc) is 1.12. The van der Waals surface area contributed by atoms with Crippen LogP contribution in [0.5, 0.6) is 0 Å². The van der Waals surface area contributed by atoms with Crippen molar-refractivity contribution < 1.29 is 38.4 Å². The van der Waals surface area contributed by atoms with Crippen molar-refractivity contribution in [3.05, 3.63) is 0 Å². The second-order valence-corrected chi connectivity index (χ2v) is 3.22. The summed E-state index contributed by atoms with van der Waals surface area (Å²) in [4.78, 5) is 64.9. The Hall–Kier alpha value is 2.22. The van der Waals surface area contributed by atoms with Gasteiger partial charge < -0.3 is 47.4 Å². The largest absolute Gasteiger partial charge is 3.00 e. The Bertz CT molecular complexity index is 60.0. The van der Waals surface area contributed by atoms with Crippen molar-refractivity contribution in [3.63, 3.8) is 0 Å². The molecule has 8 nitrogen and oxygen atoms in total. The summed E-state index contributed by atoms with van der Waals surface area (Å²) >= 11 is 0. The Balaban J connectivity index is -0.0000000457. The second-order valence-electron chi connectivity index (χ2n) is 1.07. The van der Waals surface area contributed by atoms with Crippen LogP contribution in [0.1, 0.15) is 0 Å². The molecule has 0 aromatic carbocycles. The van der Waals surface area contributed by atoms with Crippen molar-refractivity contribution in [1.29, 1.82) is 0 Å². The van der Waals surface area contributed by atoms with E-state index in [1.807, 2.05) is 0 Å². The van der Waals surface area contributed by atoms with Crippen LogP contribution in [-0.2, 0) is 0 Å². The first-order valence-corrected chi connectivity index (χ1v) is 5.07. The van der Waals surface area contributed by atoms with Gasteiger partial charge in [0.25, 0.3) is 0 Å². The van der Waals surface area contributed by atoms with Crippen molar-refractivity contribution in [3.8, 4) is 0 Å². The molecule has 64 valence electrons. The Morgan fingerprint density at radius 2 is 0.750 bits per heavy atom. The molecule has 0 heterocycles. The van der Waals surface area contributed by atoms with E-state index in [1.54, 1.807) is 0 Å². The van der Waals surface area contributed by atoms with E-state index in [1.165, 1.54) is 0 Å². The van der Waals surface area contributed by atoms with Crippen LogP contribution >= 0.6 is 0 Å². The Morgan fingerprint density at radius 1 is 0.750 bits per heavy atom. The fraction of sp³-hybridized carbons (Fsp3) is 0. The van der Waals surface area contributed by atoms with Gasteiger partial charge in [0.2, 0.25) is 0 Å². The minimum atomic E-state index is -5.61. The zero-order valence-electron chi connectivity index (χ0n) is 5.67. The molecule has 0 saturated carbocycles. The van der Waals surface area contributed by atoms with Crippen LogP contribution in [0, 0.1) is 0 Å². The quantitative estimate of drug-likeness (QED) is 0.360. The third-order valence-electron chi connectivity index (χ3n) is 0. The first-order valence-electron chi connectivity index (χ1n) is 1.69. The summed E-state index contributed by atoms with van der Waals surface area (Å²) in [6, 6.07) is 0. The molecule has 0 amide bonds. The van der Waals surface area contributed by atoms with Gasteiger partial charge in [-0.1, -0.05) is 0 Å². The van der Waals surface area contributed by atoms with Crippen molar-refractivity contribution >= 4 is 84.3 Å². The van der Waals surface area contributed by atoms with Gasteiger partial charge in [0, 0.05) is 0 Å².